The van der Waals surface area contributed by atoms with Crippen molar-refractivity contribution >= 4 is 18.0 Å². The van der Waals surface area contributed by atoms with Crippen LogP contribution < -0.4 is 10.6 Å². The van der Waals surface area contributed by atoms with E-state index in [4.69, 9.17) is 9.47 Å². The standard InChI is InChI=1S/C25H25F3N2O6/c1-34-23(32)19(30-24(33)36-15-17-10-6-3-7-11-17)13-12-18-20(25(26,27)28)21(22(31)29-18)35-14-16-8-4-2-5-9-16/h2-11,13,18,20-21H,12,14-15H2,1H3,(H,29,31)(H,30,33)/b19-13-. The van der Waals surface area contributed by atoms with E-state index in [1.165, 1.54) is 0 Å². The first-order valence-electron chi connectivity index (χ1n) is 11.0. The highest BCUT2D eigenvalue weighted by Crippen LogP contribution is 2.38. The highest BCUT2D eigenvalue weighted by atomic mass is 19.4. The normalized spacial score (nSPS) is 19.9. The first-order valence-corrected chi connectivity index (χ1v) is 11.0. The second-order valence-electron chi connectivity index (χ2n) is 7.93. The summed E-state index contributed by atoms with van der Waals surface area (Å²) in [5, 5.41) is 4.47. The van der Waals surface area contributed by atoms with Crippen LogP contribution in [0.15, 0.2) is 72.4 Å². The molecule has 3 atom stereocenters. The number of hydrogen-bond acceptors (Lipinski definition) is 6. The van der Waals surface area contributed by atoms with Gasteiger partial charge in [0.25, 0.3) is 0 Å². The fraction of sp³-hybridized carbons (Fsp3) is 0.320. The molecule has 1 heterocycles. The maximum Gasteiger partial charge on any atom is 0.412 e. The second-order valence-corrected chi connectivity index (χ2v) is 7.93. The number of esters is 1. The fourth-order valence-electron chi connectivity index (χ4n) is 3.68. The smallest absolute Gasteiger partial charge is 0.412 e. The SMILES string of the molecule is COC(=O)/C(=C/CC1NC(=O)C(OCc2ccccc2)C1C(F)(F)F)NC(=O)OCc1ccccc1. The van der Waals surface area contributed by atoms with Crippen molar-refractivity contribution in [2.75, 3.05) is 7.11 Å². The number of alkyl carbamates (subject to hydrolysis) is 1. The van der Waals surface area contributed by atoms with Gasteiger partial charge in [-0.25, -0.2) is 9.59 Å². The summed E-state index contributed by atoms with van der Waals surface area (Å²) in [5.74, 6) is -4.08. The van der Waals surface area contributed by atoms with Crippen molar-refractivity contribution in [2.24, 2.45) is 5.92 Å². The lowest BCUT2D eigenvalue weighted by Gasteiger charge is -2.24. The van der Waals surface area contributed by atoms with E-state index < -0.39 is 54.3 Å². The largest absolute Gasteiger partial charge is 0.464 e. The van der Waals surface area contributed by atoms with Gasteiger partial charge in [-0.1, -0.05) is 66.7 Å². The van der Waals surface area contributed by atoms with Gasteiger partial charge >= 0.3 is 18.2 Å². The highest BCUT2D eigenvalue weighted by Gasteiger charge is 2.56. The fourth-order valence-corrected chi connectivity index (χ4v) is 3.68. The minimum Gasteiger partial charge on any atom is -0.464 e. The second kappa shape index (κ2) is 12.2. The minimum absolute atomic E-state index is 0.0869. The summed E-state index contributed by atoms with van der Waals surface area (Å²) in [7, 11) is 1.05. The average molecular weight is 506 g/mol. The molecule has 0 aliphatic carbocycles. The number of ether oxygens (including phenoxy) is 3. The number of amides is 2. The zero-order valence-corrected chi connectivity index (χ0v) is 19.3. The van der Waals surface area contributed by atoms with Crippen molar-refractivity contribution in [3.63, 3.8) is 0 Å². The minimum atomic E-state index is -4.77. The van der Waals surface area contributed by atoms with Crippen molar-refractivity contribution in [1.82, 2.24) is 10.6 Å². The molecule has 36 heavy (non-hydrogen) atoms. The van der Waals surface area contributed by atoms with Crippen molar-refractivity contribution < 1.29 is 41.8 Å². The summed E-state index contributed by atoms with van der Waals surface area (Å²) < 4.78 is 56.7. The van der Waals surface area contributed by atoms with E-state index in [9.17, 15) is 27.6 Å². The Balaban J connectivity index is 1.68. The summed E-state index contributed by atoms with van der Waals surface area (Å²) >= 11 is 0. The van der Waals surface area contributed by atoms with Crippen LogP contribution in [0.5, 0.6) is 0 Å². The first kappa shape index (κ1) is 26.7. The molecule has 11 heteroatoms. The number of nitrogens with one attached hydrogen (secondary N) is 2. The van der Waals surface area contributed by atoms with E-state index in [0.717, 1.165) is 13.2 Å². The molecule has 2 amide bonds. The van der Waals surface area contributed by atoms with E-state index in [1.807, 2.05) is 0 Å². The average Bonchev–Trinajstić information content (AvgIpc) is 3.20. The van der Waals surface area contributed by atoms with Gasteiger partial charge < -0.3 is 19.5 Å². The Hall–Kier alpha value is -3.86. The molecule has 0 bridgehead atoms. The number of hydrogen-bond donors (Lipinski definition) is 2. The van der Waals surface area contributed by atoms with Crippen LogP contribution in [0.2, 0.25) is 0 Å². The van der Waals surface area contributed by atoms with Crippen LogP contribution in [-0.2, 0) is 37.0 Å². The van der Waals surface area contributed by atoms with Gasteiger partial charge in [-0.2, -0.15) is 13.2 Å². The van der Waals surface area contributed by atoms with Crippen molar-refractivity contribution in [2.45, 2.75) is 38.0 Å². The van der Waals surface area contributed by atoms with Gasteiger partial charge in [-0.15, -0.1) is 0 Å². The van der Waals surface area contributed by atoms with Gasteiger partial charge in [-0.05, 0) is 17.5 Å². The lowest BCUT2D eigenvalue weighted by atomic mass is 9.94. The molecule has 1 aliphatic rings. The topological polar surface area (TPSA) is 103 Å². The quantitative estimate of drug-likeness (QED) is 0.398. The van der Waals surface area contributed by atoms with Crippen LogP contribution in [0.3, 0.4) is 0 Å². The molecule has 1 fully saturated rings. The molecular weight excluding hydrogens is 481 g/mol. The number of carbonyl (C=O) groups excluding carboxylic acids is 3. The summed E-state index contributed by atoms with van der Waals surface area (Å²) in [6.45, 7) is -0.271. The van der Waals surface area contributed by atoms with Crippen LogP contribution in [0.25, 0.3) is 0 Å². The third-order valence-corrected chi connectivity index (χ3v) is 5.43. The molecule has 8 nitrogen and oxygen atoms in total. The van der Waals surface area contributed by atoms with Gasteiger partial charge in [0.1, 0.15) is 24.3 Å². The van der Waals surface area contributed by atoms with Crippen molar-refractivity contribution in [3.8, 4) is 0 Å². The molecule has 0 saturated carbocycles. The van der Waals surface area contributed by atoms with Gasteiger partial charge in [0.15, 0.2) is 0 Å². The number of alkyl halides is 3. The molecule has 1 aliphatic heterocycles. The summed E-state index contributed by atoms with van der Waals surface area (Å²) in [6, 6.07) is 15.8. The molecule has 2 N–H and O–H groups in total. The summed E-state index contributed by atoms with van der Waals surface area (Å²) in [6.07, 6.45) is -6.91. The Labute approximate surface area is 205 Å². The monoisotopic (exact) mass is 506 g/mol. The summed E-state index contributed by atoms with van der Waals surface area (Å²) in [4.78, 5) is 36.6. The molecule has 1 saturated heterocycles. The Morgan fingerprint density at radius 2 is 1.58 bits per heavy atom. The third-order valence-electron chi connectivity index (χ3n) is 5.43. The zero-order valence-electron chi connectivity index (χ0n) is 19.3. The van der Waals surface area contributed by atoms with Crippen LogP contribution in [0.4, 0.5) is 18.0 Å². The molecule has 3 rings (SSSR count). The van der Waals surface area contributed by atoms with Gasteiger partial charge in [0.05, 0.1) is 13.7 Å². The molecular formula is C25H25F3N2O6. The van der Waals surface area contributed by atoms with Crippen LogP contribution in [0.1, 0.15) is 17.5 Å². The summed E-state index contributed by atoms with van der Waals surface area (Å²) in [5.41, 5.74) is 0.889. The van der Waals surface area contributed by atoms with Crippen LogP contribution in [0, 0.1) is 5.92 Å². The van der Waals surface area contributed by atoms with E-state index in [0.29, 0.717) is 11.1 Å². The van der Waals surface area contributed by atoms with E-state index in [2.05, 4.69) is 15.4 Å². The maximum absolute atomic E-state index is 13.9. The van der Waals surface area contributed by atoms with Gasteiger partial charge in [0.2, 0.25) is 5.91 Å². The Bertz CT molecular complexity index is 1080. The van der Waals surface area contributed by atoms with Crippen LogP contribution >= 0.6 is 0 Å². The third kappa shape index (κ3) is 7.32. The Kier molecular flexibility index (Phi) is 9.07. The van der Waals surface area contributed by atoms with E-state index in [-0.39, 0.29) is 13.2 Å². The molecule has 0 aromatic heterocycles. The number of carbonyl (C=O) groups is 3. The van der Waals surface area contributed by atoms with Gasteiger partial charge in [0, 0.05) is 6.04 Å². The first-order chi connectivity index (χ1) is 17.2. The lowest BCUT2D eigenvalue weighted by molar-refractivity contribution is -0.204. The predicted octanol–water partition coefficient (Wildman–Crippen LogP) is 3.62. The Morgan fingerprint density at radius 3 is 2.14 bits per heavy atom. The Morgan fingerprint density at radius 1 is 1.00 bits per heavy atom. The highest BCUT2D eigenvalue weighted by molar-refractivity contribution is 5.92. The van der Waals surface area contributed by atoms with Crippen molar-refractivity contribution in [3.05, 3.63) is 83.6 Å². The molecule has 192 valence electrons. The molecule has 3 unspecified atom stereocenters. The molecule has 0 radical (unpaired) electrons. The molecule has 2 aromatic carbocycles. The van der Waals surface area contributed by atoms with E-state index in [1.54, 1.807) is 60.7 Å². The lowest BCUT2D eigenvalue weighted by Crippen LogP contribution is -2.40. The maximum atomic E-state index is 13.9. The number of benzene rings is 2. The van der Waals surface area contributed by atoms with Crippen LogP contribution in [-0.4, -0.2) is 43.4 Å². The predicted molar refractivity (Wildman–Crippen MR) is 121 cm³/mol. The number of methoxy groups -OCH3 is 1. The molecule has 0 spiro atoms. The van der Waals surface area contributed by atoms with Crippen molar-refractivity contribution in [1.29, 1.82) is 0 Å². The van der Waals surface area contributed by atoms with E-state index >= 15 is 0 Å². The molecule has 2 aromatic rings. The number of halogens is 3. The zero-order chi connectivity index (χ0) is 26.1. The number of rotatable bonds is 9. The van der Waals surface area contributed by atoms with Gasteiger partial charge in [-0.3, -0.25) is 10.1 Å².